The van der Waals surface area contributed by atoms with Crippen molar-refractivity contribution in [1.82, 2.24) is 9.27 Å². The quantitative estimate of drug-likeness (QED) is 0.685. The predicted octanol–water partition coefficient (Wildman–Crippen LogP) is 0.186. The highest BCUT2D eigenvalue weighted by molar-refractivity contribution is 7.11. The van der Waals surface area contributed by atoms with Crippen LogP contribution in [0.25, 0.3) is 0 Å². The molecule has 0 saturated carbocycles. The summed E-state index contributed by atoms with van der Waals surface area (Å²) in [5, 5.41) is 3.77. The highest BCUT2D eigenvalue weighted by Gasteiger charge is 2.17. The molecule has 1 aromatic rings. The number of nitrogens with two attached hydrogens (primary N) is 2. The first-order chi connectivity index (χ1) is 7.43. The van der Waals surface area contributed by atoms with Gasteiger partial charge in [-0.3, -0.25) is 4.79 Å². The summed E-state index contributed by atoms with van der Waals surface area (Å²) in [7, 11) is 3.98. The first-order valence-electron chi connectivity index (χ1n) is 4.88. The van der Waals surface area contributed by atoms with Crippen molar-refractivity contribution in [2.75, 3.05) is 31.7 Å². The minimum absolute atomic E-state index is 0.192. The van der Waals surface area contributed by atoms with Crippen LogP contribution in [-0.2, 0) is 0 Å². The number of nitrogens with one attached hydrogen (secondary N) is 1. The Bertz CT molecular complexity index is 376. The topological polar surface area (TPSA) is 97.3 Å². The van der Waals surface area contributed by atoms with Crippen molar-refractivity contribution < 1.29 is 4.79 Å². The van der Waals surface area contributed by atoms with Crippen LogP contribution in [0, 0.1) is 0 Å². The first-order valence-corrected chi connectivity index (χ1v) is 5.66. The van der Waals surface area contributed by atoms with Crippen molar-refractivity contribution in [1.29, 1.82) is 0 Å². The molecule has 0 bridgehead atoms. The second kappa shape index (κ2) is 5.13. The van der Waals surface area contributed by atoms with Gasteiger partial charge in [-0.05, 0) is 32.6 Å². The van der Waals surface area contributed by atoms with Gasteiger partial charge in [-0.25, -0.2) is 0 Å². The Morgan fingerprint density at radius 3 is 2.75 bits per heavy atom. The Morgan fingerprint density at radius 2 is 2.25 bits per heavy atom. The summed E-state index contributed by atoms with van der Waals surface area (Å²) in [5.41, 5.74) is 11.1. The molecule has 16 heavy (non-hydrogen) atoms. The van der Waals surface area contributed by atoms with Gasteiger partial charge in [0.2, 0.25) is 0 Å². The van der Waals surface area contributed by atoms with Gasteiger partial charge in [0, 0.05) is 12.6 Å². The lowest BCUT2D eigenvalue weighted by molar-refractivity contribution is 0.100. The van der Waals surface area contributed by atoms with Crippen LogP contribution in [0.3, 0.4) is 0 Å². The SMILES string of the molecule is CC(CNc1snc(N)c1C(N)=O)N(C)C. The molecule has 90 valence electrons. The zero-order valence-corrected chi connectivity index (χ0v) is 10.5. The van der Waals surface area contributed by atoms with Gasteiger partial charge < -0.3 is 21.7 Å². The van der Waals surface area contributed by atoms with Crippen LogP contribution in [0.4, 0.5) is 10.8 Å². The highest BCUT2D eigenvalue weighted by atomic mass is 32.1. The summed E-state index contributed by atoms with van der Waals surface area (Å²) in [5.74, 6) is -0.358. The van der Waals surface area contributed by atoms with E-state index < -0.39 is 5.91 Å². The van der Waals surface area contributed by atoms with Gasteiger partial charge in [0.25, 0.3) is 5.91 Å². The van der Waals surface area contributed by atoms with Gasteiger partial charge in [-0.2, -0.15) is 4.37 Å². The summed E-state index contributed by atoms with van der Waals surface area (Å²) in [4.78, 5) is 13.2. The Balaban J connectivity index is 2.71. The van der Waals surface area contributed by atoms with Gasteiger partial charge >= 0.3 is 0 Å². The minimum atomic E-state index is -0.550. The minimum Gasteiger partial charge on any atom is -0.382 e. The summed E-state index contributed by atoms with van der Waals surface area (Å²) in [6.07, 6.45) is 0. The number of primary amides is 1. The Labute approximate surface area is 98.8 Å². The molecule has 1 amide bonds. The molecule has 1 atom stereocenters. The largest absolute Gasteiger partial charge is 0.382 e. The number of nitrogens with zero attached hydrogens (tertiary/aromatic N) is 2. The molecule has 1 unspecified atom stereocenters. The maximum atomic E-state index is 11.1. The molecule has 0 aliphatic heterocycles. The van der Waals surface area contributed by atoms with Crippen LogP contribution >= 0.6 is 11.5 Å². The average molecular weight is 243 g/mol. The molecule has 0 saturated heterocycles. The fraction of sp³-hybridized carbons (Fsp3) is 0.556. The van der Waals surface area contributed by atoms with Crippen LogP contribution in [0.5, 0.6) is 0 Å². The van der Waals surface area contributed by atoms with E-state index in [1.807, 2.05) is 14.1 Å². The monoisotopic (exact) mass is 243 g/mol. The molecule has 0 spiro atoms. The van der Waals surface area contributed by atoms with Crippen molar-refractivity contribution in [3.05, 3.63) is 5.56 Å². The first kappa shape index (κ1) is 12.7. The fourth-order valence-electron chi connectivity index (χ4n) is 1.08. The fourth-order valence-corrected chi connectivity index (χ4v) is 1.81. The van der Waals surface area contributed by atoms with Crippen molar-refractivity contribution in [2.45, 2.75) is 13.0 Å². The Hall–Kier alpha value is -1.34. The number of carbonyl (C=O) groups is 1. The second-order valence-electron chi connectivity index (χ2n) is 3.83. The van der Waals surface area contributed by atoms with Crippen LogP contribution in [0.1, 0.15) is 17.3 Å². The third-order valence-electron chi connectivity index (χ3n) is 2.40. The number of hydrogen-bond donors (Lipinski definition) is 3. The van der Waals surface area contributed by atoms with Gasteiger partial charge in [0.1, 0.15) is 10.6 Å². The molecule has 1 heterocycles. The number of hydrogen-bond acceptors (Lipinski definition) is 6. The molecule has 0 aliphatic rings. The third-order valence-corrected chi connectivity index (χ3v) is 3.22. The maximum absolute atomic E-state index is 11.1. The van der Waals surface area contributed by atoms with Crippen LogP contribution in [0.2, 0.25) is 0 Å². The molecule has 0 radical (unpaired) electrons. The predicted molar refractivity (Wildman–Crippen MR) is 66.7 cm³/mol. The van der Waals surface area contributed by atoms with Gasteiger partial charge in [0.15, 0.2) is 5.82 Å². The molecule has 0 fully saturated rings. The third kappa shape index (κ3) is 2.83. The number of nitrogen functional groups attached to an aromatic ring is 1. The van der Waals surface area contributed by atoms with E-state index in [0.717, 1.165) is 11.5 Å². The van der Waals surface area contributed by atoms with E-state index in [1.54, 1.807) is 0 Å². The van der Waals surface area contributed by atoms with E-state index in [4.69, 9.17) is 11.5 Å². The summed E-state index contributed by atoms with van der Waals surface area (Å²) in [6, 6.07) is 0.337. The lowest BCUT2D eigenvalue weighted by atomic mass is 10.2. The maximum Gasteiger partial charge on any atom is 0.255 e. The van der Waals surface area contributed by atoms with Crippen molar-refractivity contribution in [3.63, 3.8) is 0 Å². The molecule has 6 nitrogen and oxygen atoms in total. The van der Waals surface area contributed by atoms with Gasteiger partial charge in [-0.1, -0.05) is 0 Å². The standard InChI is InChI=1S/C9H17N5OS/c1-5(14(2)3)4-12-9-6(8(11)15)7(10)13-16-9/h5,12H,4H2,1-3H3,(H2,10,13)(H2,11,15). The van der Waals surface area contributed by atoms with E-state index in [0.29, 0.717) is 17.6 Å². The molecule has 0 aliphatic carbocycles. The smallest absolute Gasteiger partial charge is 0.255 e. The molecule has 5 N–H and O–H groups in total. The number of amides is 1. The van der Waals surface area contributed by atoms with Crippen molar-refractivity contribution in [3.8, 4) is 0 Å². The molecular formula is C9H17N5OS. The number of anilines is 2. The molecule has 7 heteroatoms. The van der Waals surface area contributed by atoms with Gasteiger partial charge in [-0.15, -0.1) is 0 Å². The number of carbonyl (C=O) groups excluding carboxylic acids is 1. The average Bonchev–Trinajstić information content (AvgIpc) is 2.55. The molecular weight excluding hydrogens is 226 g/mol. The number of aromatic nitrogens is 1. The summed E-state index contributed by atoms with van der Waals surface area (Å²) >= 11 is 1.15. The molecule has 0 aromatic carbocycles. The number of rotatable bonds is 5. The van der Waals surface area contributed by atoms with E-state index >= 15 is 0 Å². The van der Waals surface area contributed by atoms with Crippen LogP contribution in [0.15, 0.2) is 0 Å². The van der Waals surface area contributed by atoms with Gasteiger partial charge in [0.05, 0.1) is 0 Å². The second-order valence-corrected chi connectivity index (χ2v) is 4.60. The Morgan fingerprint density at radius 1 is 1.62 bits per heavy atom. The number of likely N-dealkylation sites (N-methyl/N-ethyl adjacent to an activating group) is 1. The van der Waals surface area contributed by atoms with E-state index in [9.17, 15) is 4.79 Å². The Kier molecular flexibility index (Phi) is 4.08. The van der Waals surface area contributed by atoms with Crippen molar-refractivity contribution >= 4 is 28.3 Å². The molecule has 1 aromatic heterocycles. The van der Waals surface area contributed by atoms with E-state index in [-0.39, 0.29) is 11.4 Å². The lowest BCUT2D eigenvalue weighted by Gasteiger charge is -2.20. The van der Waals surface area contributed by atoms with Crippen molar-refractivity contribution in [2.24, 2.45) is 5.73 Å². The highest BCUT2D eigenvalue weighted by Crippen LogP contribution is 2.25. The van der Waals surface area contributed by atoms with Crippen LogP contribution in [-0.4, -0.2) is 41.9 Å². The lowest BCUT2D eigenvalue weighted by Crippen LogP contribution is -2.31. The van der Waals surface area contributed by atoms with E-state index in [1.165, 1.54) is 0 Å². The normalized spacial score (nSPS) is 12.8. The zero-order chi connectivity index (χ0) is 12.3. The zero-order valence-electron chi connectivity index (χ0n) is 9.65. The van der Waals surface area contributed by atoms with E-state index in [2.05, 4.69) is 21.5 Å². The van der Waals surface area contributed by atoms with Crippen LogP contribution < -0.4 is 16.8 Å². The molecule has 1 rings (SSSR count). The summed E-state index contributed by atoms with van der Waals surface area (Å²) < 4.78 is 3.90. The summed E-state index contributed by atoms with van der Waals surface area (Å²) in [6.45, 7) is 2.77.